The first kappa shape index (κ1) is 13.5. The second-order valence-corrected chi connectivity index (χ2v) is 5.54. The van der Waals surface area contributed by atoms with Crippen molar-refractivity contribution in [2.24, 2.45) is 5.92 Å². The molecule has 5 heteroatoms. The zero-order chi connectivity index (χ0) is 13.9. The number of aromatic nitrogens is 1. The number of nitrogens with one attached hydrogen (secondary N) is 1. The number of aryl methyl sites for hydroxylation is 1. The predicted octanol–water partition coefficient (Wildman–Crippen LogP) is 3.37. The zero-order valence-corrected chi connectivity index (χ0v) is 12.1. The number of halogens is 1. The summed E-state index contributed by atoms with van der Waals surface area (Å²) >= 11 is 5.99. The van der Waals surface area contributed by atoms with Crippen LogP contribution in [0.4, 0.5) is 0 Å². The maximum absolute atomic E-state index is 6.20. The molecule has 2 heterocycles. The van der Waals surface area contributed by atoms with E-state index in [1.54, 1.807) is 6.20 Å². The van der Waals surface area contributed by atoms with E-state index >= 15 is 0 Å². The number of benzene rings is 1. The van der Waals surface area contributed by atoms with Crippen LogP contribution < -0.4 is 10.1 Å². The molecule has 1 unspecified atom stereocenters. The maximum atomic E-state index is 6.20. The van der Waals surface area contributed by atoms with Gasteiger partial charge in [-0.15, -0.1) is 0 Å². The predicted molar refractivity (Wildman–Crippen MR) is 77.0 cm³/mol. The van der Waals surface area contributed by atoms with Gasteiger partial charge < -0.3 is 14.5 Å². The Kier molecular flexibility index (Phi) is 3.94. The fourth-order valence-corrected chi connectivity index (χ4v) is 2.80. The van der Waals surface area contributed by atoms with E-state index in [0.717, 1.165) is 36.6 Å². The third kappa shape index (κ3) is 2.81. The van der Waals surface area contributed by atoms with Crippen LogP contribution in [0.25, 0.3) is 0 Å². The Morgan fingerprint density at radius 3 is 3.05 bits per heavy atom. The lowest BCUT2D eigenvalue weighted by Gasteiger charge is -2.23. The molecule has 1 aromatic heterocycles. The third-order valence-corrected chi connectivity index (χ3v) is 3.88. The minimum Gasteiger partial charge on any atom is -0.482 e. The molecule has 0 spiro atoms. The highest BCUT2D eigenvalue weighted by molar-refractivity contribution is 6.30. The van der Waals surface area contributed by atoms with Crippen LogP contribution >= 0.6 is 11.6 Å². The van der Waals surface area contributed by atoms with Crippen molar-refractivity contribution in [3.05, 3.63) is 47.1 Å². The molecule has 3 rings (SSSR count). The Labute approximate surface area is 123 Å². The van der Waals surface area contributed by atoms with E-state index < -0.39 is 0 Å². The van der Waals surface area contributed by atoms with Gasteiger partial charge in [-0.3, -0.25) is 0 Å². The molecule has 0 radical (unpaired) electrons. The summed E-state index contributed by atoms with van der Waals surface area (Å²) in [5.41, 5.74) is 1.02. The van der Waals surface area contributed by atoms with E-state index in [4.69, 9.17) is 20.8 Å². The van der Waals surface area contributed by atoms with Gasteiger partial charge in [-0.25, -0.2) is 4.98 Å². The average molecular weight is 293 g/mol. The normalized spacial score (nSPS) is 20.0. The number of ether oxygens (including phenoxy) is 1. The average Bonchev–Trinajstić information content (AvgIpc) is 3.11. The summed E-state index contributed by atoms with van der Waals surface area (Å²) < 4.78 is 11.7. The van der Waals surface area contributed by atoms with Crippen LogP contribution in [0.15, 0.2) is 35.2 Å². The quantitative estimate of drug-likeness (QED) is 0.938. The van der Waals surface area contributed by atoms with Crippen molar-refractivity contribution in [3.63, 3.8) is 0 Å². The molecule has 0 saturated carbocycles. The molecule has 2 atom stereocenters. The van der Waals surface area contributed by atoms with Gasteiger partial charge in [-0.1, -0.05) is 11.6 Å². The lowest BCUT2D eigenvalue weighted by molar-refractivity contribution is 0.119. The number of hydrogen-bond acceptors (Lipinski definition) is 4. The van der Waals surface area contributed by atoms with Gasteiger partial charge in [0.1, 0.15) is 5.75 Å². The second kappa shape index (κ2) is 5.85. The monoisotopic (exact) mass is 292 g/mol. The highest BCUT2D eigenvalue weighted by Gasteiger charge is 2.30. The van der Waals surface area contributed by atoms with Gasteiger partial charge in [0.05, 0.1) is 6.20 Å². The lowest BCUT2D eigenvalue weighted by Crippen LogP contribution is -2.21. The SMILES string of the molecule is Cc1cc(Cl)ccc1O[C@H](c1cnco1)C1CCNC1. The maximum Gasteiger partial charge on any atom is 0.181 e. The zero-order valence-electron chi connectivity index (χ0n) is 11.3. The van der Waals surface area contributed by atoms with Crippen LogP contribution in [0.1, 0.15) is 23.8 Å². The van der Waals surface area contributed by atoms with Gasteiger partial charge in [0.25, 0.3) is 0 Å². The largest absolute Gasteiger partial charge is 0.482 e. The Balaban J connectivity index is 1.86. The molecule has 1 aliphatic rings. The molecule has 1 saturated heterocycles. The Morgan fingerprint density at radius 2 is 2.40 bits per heavy atom. The Hall–Kier alpha value is -1.52. The van der Waals surface area contributed by atoms with Gasteiger partial charge >= 0.3 is 0 Å². The van der Waals surface area contributed by atoms with Crippen molar-refractivity contribution < 1.29 is 9.15 Å². The summed E-state index contributed by atoms with van der Waals surface area (Å²) in [4.78, 5) is 4.00. The smallest absolute Gasteiger partial charge is 0.181 e. The van der Waals surface area contributed by atoms with E-state index in [0.29, 0.717) is 10.9 Å². The van der Waals surface area contributed by atoms with E-state index in [9.17, 15) is 0 Å². The molecule has 1 aliphatic heterocycles. The van der Waals surface area contributed by atoms with Crippen molar-refractivity contribution in [2.45, 2.75) is 19.4 Å². The van der Waals surface area contributed by atoms with Crippen LogP contribution in [0, 0.1) is 12.8 Å². The van der Waals surface area contributed by atoms with E-state index in [1.165, 1.54) is 6.39 Å². The van der Waals surface area contributed by atoms with Gasteiger partial charge in [0, 0.05) is 17.5 Å². The summed E-state index contributed by atoms with van der Waals surface area (Å²) in [7, 11) is 0. The van der Waals surface area contributed by atoms with Crippen molar-refractivity contribution >= 4 is 11.6 Å². The van der Waals surface area contributed by atoms with Crippen LogP contribution in [-0.4, -0.2) is 18.1 Å². The van der Waals surface area contributed by atoms with E-state index in [2.05, 4.69) is 10.3 Å². The summed E-state index contributed by atoms with van der Waals surface area (Å²) in [6, 6.07) is 5.65. The molecule has 1 N–H and O–H groups in total. The molecule has 1 fully saturated rings. The van der Waals surface area contributed by atoms with Gasteiger partial charge in [0.2, 0.25) is 0 Å². The number of hydrogen-bond donors (Lipinski definition) is 1. The summed E-state index contributed by atoms with van der Waals surface area (Å²) in [6.07, 6.45) is 4.13. The Morgan fingerprint density at radius 1 is 1.50 bits per heavy atom. The first-order valence-corrected chi connectivity index (χ1v) is 7.14. The lowest BCUT2D eigenvalue weighted by atomic mass is 9.99. The van der Waals surface area contributed by atoms with Crippen molar-refractivity contribution in [1.29, 1.82) is 0 Å². The van der Waals surface area contributed by atoms with Gasteiger partial charge in [-0.2, -0.15) is 0 Å². The molecule has 0 bridgehead atoms. The molecule has 1 aromatic carbocycles. The summed E-state index contributed by atoms with van der Waals surface area (Å²) in [5.74, 6) is 1.99. The second-order valence-electron chi connectivity index (χ2n) is 5.10. The molecule has 106 valence electrons. The highest BCUT2D eigenvalue weighted by Crippen LogP contribution is 2.33. The molecule has 0 aliphatic carbocycles. The van der Waals surface area contributed by atoms with E-state index in [-0.39, 0.29) is 6.10 Å². The van der Waals surface area contributed by atoms with Crippen LogP contribution in [0.3, 0.4) is 0 Å². The Bertz CT molecular complexity index is 565. The minimum absolute atomic E-state index is 0.118. The topological polar surface area (TPSA) is 47.3 Å². The minimum atomic E-state index is -0.118. The van der Waals surface area contributed by atoms with Crippen LogP contribution in [0.2, 0.25) is 5.02 Å². The molecule has 20 heavy (non-hydrogen) atoms. The van der Waals surface area contributed by atoms with Gasteiger partial charge in [-0.05, 0) is 43.7 Å². The first-order chi connectivity index (χ1) is 9.74. The van der Waals surface area contributed by atoms with E-state index in [1.807, 2.05) is 25.1 Å². The standard InChI is InChI=1S/C15H17ClN2O2/c1-10-6-12(16)2-3-13(10)20-15(11-4-5-17-7-11)14-8-18-9-19-14/h2-3,6,8-9,11,15,17H,4-5,7H2,1H3/t11?,15-/m0/s1. The number of oxazole rings is 1. The van der Waals surface area contributed by atoms with Crippen LogP contribution in [0.5, 0.6) is 5.75 Å². The van der Waals surface area contributed by atoms with Crippen molar-refractivity contribution in [3.8, 4) is 5.75 Å². The molecular formula is C15H17ClN2O2. The molecule has 2 aromatic rings. The van der Waals surface area contributed by atoms with Crippen molar-refractivity contribution in [1.82, 2.24) is 10.3 Å². The van der Waals surface area contributed by atoms with Crippen molar-refractivity contribution in [2.75, 3.05) is 13.1 Å². The fraction of sp³-hybridized carbons (Fsp3) is 0.400. The number of rotatable bonds is 4. The van der Waals surface area contributed by atoms with Gasteiger partial charge in [0.15, 0.2) is 18.3 Å². The third-order valence-electron chi connectivity index (χ3n) is 3.65. The summed E-state index contributed by atoms with van der Waals surface area (Å²) in [5, 5.41) is 4.08. The fourth-order valence-electron chi connectivity index (χ4n) is 2.57. The van der Waals surface area contributed by atoms with Crippen LogP contribution in [-0.2, 0) is 0 Å². The summed E-state index contributed by atoms with van der Waals surface area (Å²) in [6.45, 7) is 3.93. The first-order valence-electron chi connectivity index (χ1n) is 6.76. The molecule has 0 amide bonds. The number of nitrogens with zero attached hydrogens (tertiary/aromatic N) is 1. The molecular weight excluding hydrogens is 276 g/mol. The molecule has 4 nitrogen and oxygen atoms in total. The highest BCUT2D eigenvalue weighted by atomic mass is 35.5.